The van der Waals surface area contributed by atoms with Crippen LogP contribution < -0.4 is 5.73 Å². The van der Waals surface area contributed by atoms with E-state index in [-0.39, 0.29) is 5.75 Å². The molecule has 0 atom stereocenters. The normalized spacial score (nSPS) is 11.1. The average molecular weight is 223 g/mol. The van der Waals surface area contributed by atoms with Crippen molar-refractivity contribution in [2.45, 2.75) is 32.3 Å². The summed E-state index contributed by atoms with van der Waals surface area (Å²) >= 11 is 0. The molecule has 0 unspecified atom stereocenters. The highest BCUT2D eigenvalue weighted by molar-refractivity contribution is 5.65. The van der Waals surface area contributed by atoms with Crippen molar-refractivity contribution < 1.29 is 14.6 Å². The Morgan fingerprint density at radius 1 is 1.38 bits per heavy atom. The zero-order valence-corrected chi connectivity index (χ0v) is 9.56. The van der Waals surface area contributed by atoms with Crippen LogP contribution in [0.25, 0.3) is 0 Å². The Kier molecular flexibility index (Phi) is 3.77. The molecule has 0 saturated heterocycles. The SMILES string of the molecule is CC(C)(CCc1ccc(O)cc1)OC(N)=O. The third-order valence-electron chi connectivity index (χ3n) is 2.33. The zero-order valence-electron chi connectivity index (χ0n) is 9.56. The molecule has 3 N–H and O–H groups in total. The number of primary amides is 1. The van der Waals surface area contributed by atoms with Gasteiger partial charge in [-0.3, -0.25) is 0 Å². The fraction of sp³-hybridized carbons (Fsp3) is 0.417. The van der Waals surface area contributed by atoms with Crippen LogP contribution in [0.4, 0.5) is 4.79 Å². The lowest BCUT2D eigenvalue weighted by atomic mass is 9.98. The lowest BCUT2D eigenvalue weighted by Gasteiger charge is -2.23. The third-order valence-corrected chi connectivity index (χ3v) is 2.33. The van der Waals surface area contributed by atoms with Crippen molar-refractivity contribution in [3.63, 3.8) is 0 Å². The molecule has 0 saturated carbocycles. The number of nitrogens with two attached hydrogens (primary N) is 1. The first-order chi connectivity index (χ1) is 7.39. The number of ether oxygens (including phenoxy) is 1. The van der Waals surface area contributed by atoms with Gasteiger partial charge in [0, 0.05) is 0 Å². The van der Waals surface area contributed by atoms with Crippen LogP contribution in [0.5, 0.6) is 5.75 Å². The monoisotopic (exact) mass is 223 g/mol. The molecule has 0 aliphatic carbocycles. The van der Waals surface area contributed by atoms with Gasteiger partial charge in [-0.1, -0.05) is 12.1 Å². The van der Waals surface area contributed by atoms with Crippen LogP contribution in [0.1, 0.15) is 25.8 Å². The molecule has 0 aliphatic rings. The maximum Gasteiger partial charge on any atom is 0.405 e. The van der Waals surface area contributed by atoms with E-state index in [2.05, 4.69) is 0 Å². The van der Waals surface area contributed by atoms with E-state index in [0.717, 1.165) is 12.0 Å². The van der Waals surface area contributed by atoms with E-state index in [4.69, 9.17) is 15.6 Å². The lowest BCUT2D eigenvalue weighted by molar-refractivity contribution is 0.0394. The summed E-state index contributed by atoms with van der Waals surface area (Å²) in [7, 11) is 0. The largest absolute Gasteiger partial charge is 0.508 e. The van der Waals surface area contributed by atoms with Gasteiger partial charge < -0.3 is 15.6 Å². The molecule has 16 heavy (non-hydrogen) atoms. The number of carbonyl (C=O) groups excluding carboxylic acids is 1. The summed E-state index contributed by atoms with van der Waals surface area (Å²) in [6.45, 7) is 3.64. The molecule has 0 aliphatic heterocycles. The first-order valence-corrected chi connectivity index (χ1v) is 5.15. The first-order valence-electron chi connectivity index (χ1n) is 5.15. The molecule has 1 aromatic carbocycles. The molecule has 0 bridgehead atoms. The van der Waals surface area contributed by atoms with E-state index in [0.29, 0.717) is 6.42 Å². The molecule has 1 rings (SSSR count). The number of aromatic hydroxyl groups is 1. The molecule has 0 fully saturated rings. The minimum Gasteiger partial charge on any atom is -0.508 e. The molecule has 88 valence electrons. The van der Waals surface area contributed by atoms with E-state index in [1.165, 1.54) is 0 Å². The van der Waals surface area contributed by atoms with Crippen molar-refractivity contribution in [3.8, 4) is 5.75 Å². The van der Waals surface area contributed by atoms with E-state index in [1.54, 1.807) is 12.1 Å². The number of hydrogen-bond acceptors (Lipinski definition) is 3. The number of amides is 1. The molecule has 1 amide bonds. The van der Waals surface area contributed by atoms with Gasteiger partial charge in [-0.2, -0.15) is 0 Å². The summed E-state index contributed by atoms with van der Waals surface area (Å²) in [6, 6.07) is 6.96. The fourth-order valence-corrected chi connectivity index (χ4v) is 1.43. The van der Waals surface area contributed by atoms with Crippen molar-refractivity contribution in [1.82, 2.24) is 0 Å². The Morgan fingerprint density at radius 3 is 2.44 bits per heavy atom. The number of phenolic OH excluding ortho intramolecular Hbond substituents is 1. The van der Waals surface area contributed by atoms with Gasteiger partial charge in [0.2, 0.25) is 0 Å². The second-order valence-corrected chi connectivity index (χ2v) is 4.35. The van der Waals surface area contributed by atoms with Crippen LogP contribution in [0, 0.1) is 0 Å². The molecule has 0 spiro atoms. The molecule has 0 aromatic heterocycles. The Hall–Kier alpha value is -1.71. The Balaban J connectivity index is 2.50. The van der Waals surface area contributed by atoms with Gasteiger partial charge in [0.1, 0.15) is 11.4 Å². The van der Waals surface area contributed by atoms with E-state index in [9.17, 15) is 4.79 Å². The zero-order chi connectivity index (χ0) is 12.2. The number of aryl methyl sites for hydroxylation is 1. The van der Waals surface area contributed by atoms with Gasteiger partial charge in [0.25, 0.3) is 0 Å². The van der Waals surface area contributed by atoms with E-state index in [1.807, 2.05) is 26.0 Å². The van der Waals surface area contributed by atoms with Gasteiger partial charge in [0.05, 0.1) is 0 Å². The summed E-state index contributed by atoms with van der Waals surface area (Å²) in [5.74, 6) is 0.247. The summed E-state index contributed by atoms with van der Waals surface area (Å²) in [5.41, 5.74) is 5.49. The average Bonchev–Trinajstić information content (AvgIpc) is 2.15. The van der Waals surface area contributed by atoms with E-state index < -0.39 is 11.7 Å². The number of hydrogen-bond donors (Lipinski definition) is 2. The summed E-state index contributed by atoms with van der Waals surface area (Å²) in [4.78, 5) is 10.6. The van der Waals surface area contributed by atoms with Crippen molar-refractivity contribution >= 4 is 6.09 Å². The van der Waals surface area contributed by atoms with Crippen molar-refractivity contribution in [2.75, 3.05) is 0 Å². The molecular weight excluding hydrogens is 206 g/mol. The Bertz CT molecular complexity index is 357. The topological polar surface area (TPSA) is 72.6 Å². The number of phenols is 1. The lowest BCUT2D eigenvalue weighted by Crippen LogP contribution is -2.31. The Morgan fingerprint density at radius 2 is 1.94 bits per heavy atom. The van der Waals surface area contributed by atoms with Crippen LogP contribution >= 0.6 is 0 Å². The molecular formula is C12H17NO3. The maximum absolute atomic E-state index is 10.6. The van der Waals surface area contributed by atoms with Crippen LogP contribution in [0.2, 0.25) is 0 Å². The Labute approximate surface area is 95.0 Å². The molecule has 4 nitrogen and oxygen atoms in total. The summed E-state index contributed by atoms with van der Waals surface area (Å²) in [6.07, 6.45) is 0.692. The standard InChI is InChI=1S/C12H17NO3/c1-12(2,16-11(13)15)8-7-9-3-5-10(14)6-4-9/h3-6,14H,7-8H2,1-2H3,(H2,13,15). The van der Waals surface area contributed by atoms with Crippen molar-refractivity contribution in [2.24, 2.45) is 5.73 Å². The number of carbonyl (C=O) groups is 1. The smallest absolute Gasteiger partial charge is 0.405 e. The van der Waals surface area contributed by atoms with E-state index >= 15 is 0 Å². The maximum atomic E-state index is 10.6. The molecule has 4 heteroatoms. The summed E-state index contributed by atoms with van der Waals surface area (Å²) in [5, 5.41) is 9.12. The second kappa shape index (κ2) is 4.88. The summed E-state index contributed by atoms with van der Waals surface area (Å²) < 4.78 is 4.97. The van der Waals surface area contributed by atoms with Crippen molar-refractivity contribution in [1.29, 1.82) is 0 Å². The highest BCUT2D eigenvalue weighted by Crippen LogP contribution is 2.19. The first kappa shape index (κ1) is 12.4. The highest BCUT2D eigenvalue weighted by atomic mass is 16.6. The van der Waals surface area contributed by atoms with Crippen LogP contribution in [-0.4, -0.2) is 16.8 Å². The second-order valence-electron chi connectivity index (χ2n) is 4.35. The quantitative estimate of drug-likeness (QED) is 0.821. The number of benzene rings is 1. The van der Waals surface area contributed by atoms with Gasteiger partial charge in [-0.15, -0.1) is 0 Å². The van der Waals surface area contributed by atoms with Crippen LogP contribution in [0.15, 0.2) is 24.3 Å². The van der Waals surface area contributed by atoms with Gasteiger partial charge in [0.15, 0.2) is 0 Å². The minimum absolute atomic E-state index is 0.247. The third kappa shape index (κ3) is 4.21. The van der Waals surface area contributed by atoms with Crippen molar-refractivity contribution in [3.05, 3.63) is 29.8 Å². The minimum atomic E-state index is -0.754. The van der Waals surface area contributed by atoms with Gasteiger partial charge >= 0.3 is 6.09 Å². The molecule has 0 heterocycles. The van der Waals surface area contributed by atoms with Crippen LogP contribution in [0.3, 0.4) is 0 Å². The van der Waals surface area contributed by atoms with Gasteiger partial charge in [-0.05, 0) is 44.4 Å². The number of rotatable bonds is 4. The predicted octanol–water partition coefficient (Wildman–Crippen LogP) is 2.20. The molecule has 1 aromatic rings. The fourth-order valence-electron chi connectivity index (χ4n) is 1.43. The van der Waals surface area contributed by atoms with Gasteiger partial charge in [-0.25, -0.2) is 4.79 Å². The predicted molar refractivity (Wildman–Crippen MR) is 61.2 cm³/mol. The van der Waals surface area contributed by atoms with Crippen LogP contribution in [-0.2, 0) is 11.2 Å². The molecule has 0 radical (unpaired) electrons. The highest BCUT2D eigenvalue weighted by Gasteiger charge is 2.21.